The number of aryl methyl sites for hydroxylation is 2. The van der Waals surface area contributed by atoms with Crippen LogP contribution in [0.4, 0.5) is 10.1 Å². The van der Waals surface area contributed by atoms with Crippen molar-refractivity contribution in [3.8, 4) is 0 Å². The SMILES string of the molecule is Cc1nc(CNc2ccc(F)cc2Br)sc1C. The largest absolute Gasteiger partial charge is 0.378 e. The van der Waals surface area contributed by atoms with Crippen molar-refractivity contribution in [1.82, 2.24) is 4.98 Å². The molecule has 17 heavy (non-hydrogen) atoms. The predicted molar refractivity (Wildman–Crippen MR) is 73.0 cm³/mol. The Bertz CT molecular complexity index is 520. The molecule has 2 nitrogen and oxygen atoms in total. The van der Waals surface area contributed by atoms with E-state index in [1.807, 2.05) is 6.92 Å². The second-order valence-electron chi connectivity index (χ2n) is 3.73. The summed E-state index contributed by atoms with van der Waals surface area (Å²) in [6, 6.07) is 4.60. The first-order valence-corrected chi connectivity index (χ1v) is 6.79. The molecule has 0 amide bonds. The first-order valence-electron chi connectivity index (χ1n) is 5.18. The van der Waals surface area contributed by atoms with Crippen LogP contribution in [0.1, 0.15) is 15.6 Å². The second-order valence-corrected chi connectivity index (χ2v) is 5.87. The molecule has 0 bridgehead atoms. The number of benzene rings is 1. The van der Waals surface area contributed by atoms with Gasteiger partial charge < -0.3 is 5.32 Å². The Labute approximate surface area is 112 Å². The van der Waals surface area contributed by atoms with Crippen LogP contribution in [-0.4, -0.2) is 4.98 Å². The number of nitrogens with zero attached hydrogens (tertiary/aromatic N) is 1. The maximum atomic E-state index is 12.9. The van der Waals surface area contributed by atoms with Gasteiger partial charge in [0.1, 0.15) is 10.8 Å². The van der Waals surface area contributed by atoms with Crippen molar-refractivity contribution in [1.29, 1.82) is 0 Å². The Hall–Kier alpha value is -0.940. The number of thiazole rings is 1. The summed E-state index contributed by atoms with van der Waals surface area (Å²) in [5.74, 6) is -0.247. The molecule has 0 unspecified atom stereocenters. The number of aromatic nitrogens is 1. The van der Waals surface area contributed by atoms with Gasteiger partial charge in [0, 0.05) is 15.0 Å². The highest BCUT2D eigenvalue weighted by atomic mass is 79.9. The molecule has 0 saturated carbocycles. The maximum Gasteiger partial charge on any atom is 0.124 e. The lowest BCUT2D eigenvalue weighted by Crippen LogP contribution is -1.99. The van der Waals surface area contributed by atoms with E-state index >= 15 is 0 Å². The van der Waals surface area contributed by atoms with Crippen LogP contribution in [0.25, 0.3) is 0 Å². The highest BCUT2D eigenvalue weighted by Crippen LogP contribution is 2.24. The van der Waals surface area contributed by atoms with Crippen molar-refractivity contribution in [2.45, 2.75) is 20.4 Å². The monoisotopic (exact) mass is 314 g/mol. The van der Waals surface area contributed by atoms with Crippen LogP contribution in [-0.2, 0) is 6.54 Å². The summed E-state index contributed by atoms with van der Waals surface area (Å²) in [5.41, 5.74) is 1.95. The molecule has 0 atom stereocenters. The van der Waals surface area contributed by atoms with Gasteiger partial charge >= 0.3 is 0 Å². The minimum Gasteiger partial charge on any atom is -0.378 e. The van der Waals surface area contributed by atoms with E-state index in [0.29, 0.717) is 6.54 Å². The molecule has 0 spiro atoms. The average Bonchev–Trinajstić information content (AvgIpc) is 2.57. The van der Waals surface area contributed by atoms with Gasteiger partial charge in [0.05, 0.1) is 12.2 Å². The molecule has 0 aliphatic carbocycles. The van der Waals surface area contributed by atoms with Gasteiger partial charge in [0.25, 0.3) is 0 Å². The van der Waals surface area contributed by atoms with Crippen LogP contribution < -0.4 is 5.32 Å². The first kappa shape index (κ1) is 12.5. The first-order chi connectivity index (χ1) is 8.06. The summed E-state index contributed by atoms with van der Waals surface area (Å²) in [4.78, 5) is 5.68. The highest BCUT2D eigenvalue weighted by Gasteiger charge is 2.05. The number of hydrogen-bond acceptors (Lipinski definition) is 3. The van der Waals surface area contributed by atoms with Gasteiger partial charge in [-0.25, -0.2) is 9.37 Å². The second kappa shape index (κ2) is 5.14. The van der Waals surface area contributed by atoms with E-state index in [0.717, 1.165) is 20.9 Å². The molecule has 2 aromatic rings. The molecule has 1 heterocycles. The lowest BCUT2D eigenvalue weighted by molar-refractivity contribution is 0.627. The van der Waals surface area contributed by atoms with Crippen molar-refractivity contribution >= 4 is 33.0 Å². The van der Waals surface area contributed by atoms with Crippen LogP contribution in [0.3, 0.4) is 0 Å². The number of nitrogens with one attached hydrogen (secondary N) is 1. The van der Waals surface area contributed by atoms with Crippen molar-refractivity contribution in [2.24, 2.45) is 0 Å². The van der Waals surface area contributed by atoms with E-state index in [9.17, 15) is 4.39 Å². The molecule has 0 radical (unpaired) electrons. The average molecular weight is 315 g/mol. The van der Waals surface area contributed by atoms with Crippen LogP contribution in [0.15, 0.2) is 22.7 Å². The summed E-state index contributed by atoms with van der Waals surface area (Å²) < 4.78 is 13.6. The molecule has 90 valence electrons. The van der Waals surface area contributed by atoms with E-state index in [2.05, 4.69) is 33.2 Å². The third kappa shape index (κ3) is 3.04. The van der Waals surface area contributed by atoms with Gasteiger partial charge in [-0.05, 0) is 48.0 Å². The number of anilines is 1. The Morgan fingerprint density at radius 3 is 2.76 bits per heavy atom. The molecule has 0 aliphatic heterocycles. The van der Waals surface area contributed by atoms with E-state index in [1.165, 1.54) is 17.0 Å². The molecule has 0 aliphatic rings. The Kier molecular flexibility index (Phi) is 3.79. The molecule has 1 N–H and O–H groups in total. The summed E-state index contributed by atoms with van der Waals surface area (Å²) in [6.45, 7) is 4.72. The number of hydrogen-bond donors (Lipinski definition) is 1. The molecular weight excluding hydrogens is 303 g/mol. The zero-order chi connectivity index (χ0) is 12.4. The highest BCUT2D eigenvalue weighted by molar-refractivity contribution is 9.10. The number of halogens is 2. The van der Waals surface area contributed by atoms with Gasteiger partial charge in [-0.3, -0.25) is 0 Å². The molecule has 2 rings (SSSR count). The lowest BCUT2D eigenvalue weighted by Gasteiger charge is -2.06. The topological polar surface area (TPSA) is 24.9 Å². The van der Waals surface area contributed by atoms with Crippen LogP contribution in [0.2, 0.25) is 0 Å². The molecular formula is C12H12BrFN2S. The summed E-state index contributed by atoms with van der Waals surface area (Å²) >= 11 is 5.00. The lowest BCUT2D eigenvalue weighted by atomic mass is 10.3. The predicted octanol–water partition coefficient (Wildman–Crippen LogP) is 4.27. The Morgan fingerprint density at radius 2 is 2.18 bits per heavy atom. The van der Waals surface area contributed by atoms with E-state index < -0.39 is 0 Å². The van der Waals surface area contributed by atoms with Crippen LogP contribution in [0, 0.1) is 19.7 Å². The van der Waals surface area contributed by atoms with E-state index in [4.69, 9.17) is 0 Å². The van der Waals surface area contributed by atoms with Crippen LogP contribution in [0.5, 0.6) is 0 Å². The standard InChI is InChI=1S/C12H12BrFN2S/c1-7-8(2)17-12(16-7)6-15-11-4-3-9(14)5-10(11)13/h3-5,15H,6H2,1-2H3. The quantitative estimate of drug-likeness (QED) is 0.915. The van der Waals surface area contributed by atoms with Crippen LogP contribution >= 0.6 is 27.3 Å². The fourth-order valence-corrected chi connectivity index (χ4v) is 2.78. The smallest absolute Gasteiger partial charge is 0.124 e. The third-order valence-electron chi connectivity index (χ3n) is 2.43. The summed E-state index contributed by atoms with van der Waals surface area (Å²) in [5, 5.41) is 4.27. The zero-order valence-electron chi connectivity index (χ0n) is 9.55. The third-order valence-corrected chi connectivity index (χ3v) is 4.16. The molecule has 0 fully saturated rings. The summed E-state index contributed by atoms with van der Waals surface area (Å²) in [6.07, 6.45) is 0. The van der Waals surface area contributed by atoms with E-state index in [-0.39, 0.29) is 5.82 Å². The van der Waals surface area contributed by atoms with Crippen molar-refractivity contribution in [3.63, 3.8) is 0 Å². The molecule has 1 aromatic carbocycles. The number of rotatable bonds is 3. The van der Waals surface area contributed by atoms with Crippen molar-refractivity contribution in [3.05, 3.63) is 44.1 Å². The van der Waals surface area contributed by atoms with Crippen molar-refractivity contribution in [2.75, 3.05) is 5.32 Å². The minimum absolute atomic E-state index is 0.247. The summed E-state index contributed by atoms with van der Waals surface area (Å²) in [7, 11) is 0. The maximum absolute atomic E-state index is 12.9. The van der Waals surface area contributed by atoms with Gasteiger partial charge in [-0.15, -0.1) is 11.3 Å². The Morgan fingerprint density at radius 1 is 1.41 bits per heavy atom. The van der Waals surface area contributed by atoms with Gasteiger partial charge in [-0.1, -0.05) is 0 Å². The van der Waals surface area contributed by atoms with Gasteiger partial charge in [0.2, 0.25) is 0 Å². The molecule has 0 saturated heterocycles. The Balaban J connectivity index is 2.07. The minimum atomic E-state index is -0.247. The fourth-order valence-electron chi connectivity index (χ4n) is 1.42. The van der Waals surface area contributed by atoms with E-state index in [1.54, 1.807) is 17.4 Å². The molecule has 5 heteroatoms. The van der Waals surface area contributed by atoms with Gasteiger partial charge in [0.15, 0.2) is 0 Å². The normalized spacial score (nSPS) is 10.6. The zero-order valence-corrected chi connectivity index (χ0v) is 12.0. The fraction of sp³-hybridized carbons (Fsp3) is 0.250. The van der Waals surface area contributed by atoms with Crippen molar-refractivity contribution < 1.29 is 4.39 Å². The van der Waals surface area contributed by atoms with Gasteiger partial charge in [-0.2, -0.15) is 0 Å². The molecule has 1 aromatic heterocycles.